The minimum Gasteiger partial charge on any atom is -0.356 e. The minimum atomic E-state index is -0.178. The molecule has 1 aliphatic rings. The van der Waals surface area contributed by atoms with Gasteiger partial charge in [-0.3, -0.25) is 4.79 Å². The van der Waals surface area contributed by atoms with E-state index in [1.807, 2.05) is 19.1 Å². The highest BCUT2D eigenvalue weighted by molar-refractivity contribution is 5.92. The smallest absolute Gasteiger partial charge is 0.269 e. The zero-order chi connectivity index (χ0) is 15.5. The predicted molar refractivity (Wildman–Crippen MR) is 80.9 cm³/mol. The molecule has 3 rings (SSSR count). The third-order valence-electron chi connectivity index (χ3n) is 3.83. The largest absolute Gasteiger partial charge is 0.356 e. The molecule has 0 radical (unpaired) electrons. The van der Waals surface area contributed by atoms with Crippen molar-refractivity contribution in [3.8, 4) is 0 Å². The van der Waals surface area contributed by atoms with Crippen LogP contribution < -0.4 is 10.2 Å². The van der Waals surface area contributed by atoms with E-state index in [2.05, 4.69) is 25.3 Å². The zero-order valence-electron chi connectivity index (χ0n) is 12.7. The molecular formula is C15H19N5O2. The zero-order valence-corrected chi connectivity index (χ0v) is 12.7. The highest BCUT2D eigenvalue weighted by Crippen LogP contribution is 2.28. The predicted octanol–water partition coefficient (Wildman–Crippen LogP) is 1.52. The van der Waals surface area contributed by atoms with Crippen molar-refractivity contribution in [2.45, 2.75) is 25.7 Å². The molecule has 1 saturated heterocycles. The number of hydrogen-bond donors (Lipinski definition) is 1. The lowest BCUT2D eigenvalue weighted by molar-refractivity contribution is 0.0958. The molecule has 7 heteroatoms. The van der Waals surface area contributed by atoms with Crippen LogP contribution >= 0.6 is 0 Å². The van der Waals surface area contributed by atoms with Crippen LogP contribution in [0.2, 0.25) is 0 Å². The summed E-state index contributed by atoms with van der Waals surface area (Å²) in [5, 5.41) is 6.46. The monoisotopic (exact) mass is 301 g/mol. The molecule has 7 nitrogen and oxygen atoms in total. The SMILES string of the molecule is CNC(=O)c1cccc(N2CCC[C@@H](c3nc(C)no3)C2)n1. The van der Waals surface area contributed by atoms with Gasteiger partial charge in [-0.25, -0.2) is 4.98 Å². The fourth-order valence-corrected chi connectivity index (χ4v) is 2.72. The van der Waals surface area contributed by atoms with E-state index in [4.69, 9.17) is 4.52 Å². The van der Waals surface area contributed by atoms with Gasteiger partial charge in [-0.2, -0.15) is 4.98 Å². The van der Waals surface area contributed by atoms with Crippen molar-refractivity contribution in [3.05, 3.63) is 35.6 Å². The van der Waals surface area contributed by atoms with Crippen molar-refractivity contribution in [2.24, 2.45) is 0 Å². The number of nitrogens with zero attached hydrogens (tertiary/aromatic N) is 4. The van der Waals surface area contributed by atoms with E-state index >= 15 is 0 Å². The van der Waals surface area contributed by atoms with Crippen LogP contribution in [0.3, 0.4) is 0 Å². The van der Waals surface area contributed by atoms with Crippen LogP contribution in [0.15, 0.2) is 22.7 Å². The minimum absolute atomic E-state index is 0.178. The van der Waals surface area contributed by atoms with E-state index in [1.54, 1.807) is 13.1 Å². The Morgan fingerprint density at radius 1 is 1.41 bits per heavy atom. The molecule has 1 fully saturated rings. The van der Waals surface area contributed by atoms with Gasteiger partial charge in [-0.15, -0.1) is 0 Å². The van der Waals surface area contributed by atoms with E-state index in [1.165, 1.54) is 0 Å². The third kappa shape index (κ3) is 2.93. The summed E-state index contributed by atoms with van der Waals surface area (Å²) in [7, 11) is 1.60. The first-order valence-corrected chi connectivity index (χ1v) is 7.41. The second-order valence-electron chi connectivity index (χ2n) is 5.43. The Labute approximate surface area is 128 Å². The van der Waals surface area contributed by atoms with E-state index < -0.39 is 0 Å². The van der Waals surface area contributed by atoms with Crippen LogP contribution in [-0.4, -0.2) is 41.2 Å². The number of carbonyl (C=O) groups excluding carboxylic acids is 1. The van der Waals surface area contributed by atoms with Crippen molar-refractivity contribution in [1.82, 2.24) is 20.4 Å². The van der Waals surface area contributed by atoms with E-state index in [0.717, 1.165) is 31.7 Å². The number of anilines is 1. The topological polar surface area (TPSA) is 84.2 Å². The first-order valence-electron chi connectivity index (χ1n) is 7.41. The summed E-state index contributed by atoms with van der Waals surface area (Å²) in [5.41, 5.74) is 0.427. The average molecular weight is 301 g/mol. The van der Waals surface area contributed by atoms with Gasteiger partial charge in [0.05, 0.1) is 5.92 Å². The van der Waals surface area contributed by atoms with Gasteiger partial charge in [0.1, 0.15) is 11.5 Å². The highest BCUT2D eigenvalue weighted by atomic mass is 16.5. The first kappa shape index (κ1) is 14.5. The number of pyridine rings is 1. The van der Waals surface area contributed by atoms with Crippen LogP contribution in [0.4, 0.5) is 5.82 Å². The second kappa shape index (κ2) is 6.13. The van der Waals surface area contributed by atoms with Crippen LogP contribution in [0.1, 0.15) is 41.0 Å². The number of aryl methyl sites for hydroxylation is 1. The molecule has 116 valence electrons. The standard InChI is InChI=1S/C15H19N5O2/c1-10-17-15(22-19-10)11-5-4-8-20(9-11)13-7-3-6-12(18-13)14(21)16-2/h3,6-7,11H,4-5,8-9H2,1-2H3,(H,16,21)/t11-/m1/s1. The lowest BCUT2D eigenvalue weighted by Crippen LogP contribution is -2.35. The Morgan fingerprint density at radius 2 is 2.27 bits per heavy atom. The molecule has 0 aliphatic carbocycles. The third-order valence-corrected chi connectivity index (χ3v) is 3.83. The van der Waals surface area contributed by atoms with E-state index in [0.29, 0.717) is 17.4 Å². The molecule has 22 heavy (non-hydrogen) atoms. The molecule has 1 aliphatic heterocycles. The average Bonchev–Trinajstić information content (AvgIpc) is 3.01. The van der Waals surface area contributed by atoms with Crippen LogP contribution in [-0.2, 0) is 0 Å². The van der Waals surface area contributed by atoms with Crippen molar-refractivity contribution in [1.29, 1.82) is 0 Å². The summed E-state index contributed by atoms with van der Waals surface area (Å²) in [4.78, 5) is 22.7. The normalized spacial score (nSPS) is 18.3. The van der Waals surface area contributed by atoms with Gasteiger partial charge in [-0.1, -0.05) is 11.2 Å². The van der Waals surface area contributed by atoms with Crippen molar-refractivity contribution in [2.75, 3.05) is 25.0 Å². The summed E-state index contributed by atoms with van der Waals surface area (Å²) < 4.78 is 5.30. The molecule has 0 aromatic carbocycles. The molecule has 0 saturated carbocycles. The summed E-state index contributed by atoms with van der Waals surface area (Å²) in [6, 6.07) is 5.49. The lowest BCUT2D eigenvalue weighted by Gasteiger charge is -2.32. The number of piperidine rings is 1. The molecule has 1 N–H and O–H groups in total. The van der Waals surface area contributed by atoms with Crippen molar-refractivity contribution in [3.63, 3.8) is 0 Å². The molecule has 1 atom stereocenters. The molecule has 0 unspecified atom stereocenters. The molecule has 3 heterocycles. The maximum atomic E-state index is 11.7. The number of nitrogens with one attached hydrogen (secondary N) is 1. The van der Waals surface area contributed by atoms with Crippen molar-refractivity contribution < 1.29 is 9.32 Å². The number of rotatable bonds is 3. The van der Waals surface area contributed by atoms with E-state index in [-0.39, 0.29) is 11.8 Å². The Balaban J connectivity index is 1.78. The number of hydrogen-bond acceptors (Lipinski definition) is 6. The Kier molecular flexibility index (Phi) is 4.04. The molecule has 1 amide bonds. The van der Waals surface area contributed by atoms with Gasteiger partial charge in [0.2, 0.25) is 5.89 Å². The Bertz CT molecular complexity index is 669. The second-order valence-corrected chi connectivity index (χ2v) is 5.43. The fraction of sp³-hybridized carbons (Fsp3) is 0.467. The van der Waals surface area contributed by atoms with E-state index in [9.17, 15) is 4.79 Å². The quantitative estimate of drug-likeness (QED) is 0.925. The summed E-state index contributed by atoms with van der Waals surface area (Å²) in [6.45, 7) is 3.50. The van der Waals surface area contributed by atoms with Crippen LogP contribution in [0.5, 0.6) is 0 Å². The van der Waals surface area contributed by atoms with Gasteiger partial charge in [-0.05, 0) is 31.9 Å². The maximum Gasteiger partial charge on any atom is 0.269 e. The molecule has 0 spiro atoms. The Morgan fingerprint density at radius 3 is 3.00 bits per heavy atom. The maximum absolute atomic E-state index is 11.7. The van der Waals surface area contributed by atoms with Crippen LogP contribution in [0, 0.1) is 6.92 Å². The number of carbonyl (C=O) groups is 1. The van der Waals surface area contributed by atoms with Crippen molar-refractivity contribution >= 4 is 11.7 Å². The Hall–Kier alpha value is -2.44. The molecular weight excluding hydrogens is 282 g/mol. The number of amides is 1. The first-order chi connectivity index (χ1) is 10.7. The summed E-state index contributed by atoms with van der Waals surface area (Å²) in [6.07, 6.45) is 2.05. The van der Waals surface area contributed by atoms with Gasteiger partial charge in [0.25, 0.3) is 5.91 Å². The summed E-state index contributed by atoms with van der Waals surface area (Å²) >= 11 is 0. The lowest BCUT2D eigenvalue weighted by atomic mass is 9.98. The number of aromatic nitrogens is 3. The van der Waals surface area contributed by atoms with Gasteiger partial charge in [0.15, 0.2) is 5.82 Å². The highest BCUT2D eigenvalue weighted by Gasteiger charge is 2.26. The molecule has 2 aromatic rings. The van der Waals surface area contributed by atoms with Gasteiger partial charge >= 0.3 is 0 Å². The fourth-order valence-electron chi connectivity index (χ4n) is 2.72. The molecule has 2 aromatic heterocycles. The van der Waals surface area contributed by atoms with Crippen LogP contribution in [0.25, 0.3) is 0 Å². The van der Waals surface area contributed by atoms with Gasteiger partial charge < -0.3 is 14.7 Å². The molecule has 0 bridgehead atoms. The van der Waals surface area contributed by atoms with Gasteiger partial charge in [0, 0.05) is 20.1 Å². The summed E-state index contributed by atoms with van der Waals surface area (Å²) in [5.74, 6) is 2.18.